The Bertz CT molecular complexity index is 848. The minimum Gasteiger partial charge on any atom is -0.495 e. The molecule has 0 radical (unpaired) electrons. The summed E-state index contributed by atoms with van der Waals surface area (Å²) in [6.45, 7) is 7.69. The van der Waals surface area contributed by atoms with Crippen LogP contribution in [-0.2, 0) is 4.79 Å². The fraction of sp³-hybridized carbons (Fsp3) is 0.350. The predicted molar refractivity (Wildman–Crippen MR) is 104 cm³/mol. The van der Waals surface area contributed by atoms with Gasteiger partial charge in [0.05, 0.1) is 17.7 Å². The highest BCUT2D eigenvalue weighted by Gasteiger charge is 2.20. The van der Waals surface area contributed by atoms with Crippen LogP contribution in [-0.4, -0.2) is 24.0 Å². The molecule has 0 saturated heterocycles. The zero-order valence-electron chi connectivity index (χ0n) is 16.1. The second kappa shape index (κ2) is 8.53. The van der Waals surface area contributed by atoms with Crippen molar-refractivity contribution in [3.63, 3.8) is 0 Å². The van der Waals surface area contributed by atoms with Gasteiger partial charge in [0.15, 0.2) is 6.10 Å². The molecule has 1 atom stereocenters. The molecule has 7 heteroatoms. The number of aryl methyl sites for hydroxylation is 1. The Morgan fingerprint density at radius 2 is 1.81 bits per heavy atom. The SMILES string of the molecule is COc1ccc([N+](=O)[O-])cc1NC(=O)[C@@H](C)Oc1cc(C)ccc1C(C)C. The summed E-state index contributed by atoms with van der Waals surface area (Å²) in [7, 11) is 1.43. The molecule has 7 nitrogen and oxygen atoms in total. The second-order valence-corrected chi connectivity index (χ2v) is 6.59. The summed E-state index contributed by atoms with van der Waals surface area (Å²) in [5, 5.41) is 13.6. The van der Waals surface area contributed by atoms with Crippen LogP contribution in [0.5, 0.6) is 11.5 Å². The number of ether oxygens (including phenoxy) is 2. The van der Waals surface area contributed by atoms with E-state index in [2.05, 4.69) is 19.2 Å². The number of nitro benzene ring substituents is 1. The van der Waals surface area contributed by atoms with Crippen molar-refractivity contribution in [2.45, 2.75) is 39.7 Å². The number of nitrogens with one attached hydrogen (secondary N) is 1. The number of carbonyl (C=O) groups is 1. The van der Waals surface area contributed by atoms with Crippen LogP contribution in [0.3, 0.4) is 0 Å². The Hall–Kier alpha value is -3.09. The maximum Gasteiger partial charge on any atom is 0.271 e. The molecular formula is C20H24N2O5. The molecule has 0 aliphatic heterocycles. The molecule has 0 aliphatic carbocycles. The maximum absolute atomic E-state index is 12.6. The number of carbonyl (C=O) groups excluding carboxylic acids is 1. The molecule has 0 fully saturated rings. The number of nitro groups is 1. The van der Waals surface area contributed by atoms with Crippen LogP contribution in [0.15, 0.2) is 36.4 Å². The van der Waals surface area contributed by atoms with Gasteiger partial charge in [0.2, 0.25) is 0 Å². The number of methoxy groups -OCH3 is 1. The van der Waals surface area contributed by atoms with Crippen molar-refractivity contribution in [1.29, 1.82) is 0 Å². The first-order valence-electron chi connectivity index (χ1n) is 8.63. The van der Waals surface area contributed by atoms with Gasteiger partial charge in [-0.05, 0) is 43.0 Å². The van der Waals surface area contributed by atoms with E-state index in [-0.39, 0.29) is 17.3 Å². The Morgan fingerprint density at radius 3 is 2.41 bits per heavy atom. The summed E-state index contributed by atoms with van der Waals surface area (Å²) in [6, 6.07) is 9.90. The zero-order valence-corrected chi connectivity index (χ0v) is 16.1. The maximum atomic E-state index is 12.6. The van der Waals surface area contributed by atoms with Crippen molar-refractivity contribution in [2.24, 2.45) is 0 Å². The fourth-order valence-electron chi connectivity index (χ4n) is 2.61. The molecule has 2 aromatic carbocycles. The van der Waals surface area contributed by atoms with Crippen molar-refractivity contribution in [2.75, 3.05) is 12.4 Å². The van der Waals surface area contributed by atoms with Crippen LogP contribution in [0.25, 0.3) is 0 Å². The van der Waals surface area contributed by atoms with Crippen LogP contribution in [0, 0.1) is 17.0 Å². The van der Waals surface area contributed by atoms with E-state index in [1.54, 1.807) is 6.92 Å². The van der Waals surface area contributed by atoms with E-state index in [0.717, 1.165) is 11.1 Å². The highest BCUT2D eigenvalue weighted by atomic mass is 16.6. The van der Waals surface area contributed by atoms with Crippen molar-refractivity contribution in [1.82, 2.24) is 0 Å². The molecule has 0 aromatic heterocycles. The third-order valence-corrected chi connectivity index (χ3v) is 4.12. The van der Waals surface area contributed by atoms with Crippen LogP contribution in [0.2, 0.25) is 0 Å². The number of hydrogen-bond acceptors (Lipinski definition) is 5. The molecule has 0 unspecified atom stereocenters. The van der Waals surface area contributed by atoms with Gasteiger partial charge in [0.25, 0.3) is 11.6 Å². The molecule has 0 spiro atoms. The fourth-order valence-corrected chi connectivity index (χ4v) is 2.61. The molecule has 27 heavy (non-hydrogen) atoms. The summed E-state index contributed by atoms with van der Waals surface area (Å²) < 4.78 is 11.1. The molecule has 1 N–H and O–H groups in total. The topological polar surface area (TPSA) is 90.7 Å². The Morgan fingerprint density at radius 1 is 1.11 bits per heavy atom. The number of hydrogen-bond donors (Lipinski definition) is 1. The average Bonchev–Trinajstić information content (AvgIpc) is 2.61. The third-order valence-electron chi connectivity index (χ3n) is 4.12. The van der Waals surface area contributed by atoms with Crippen molar-refractivity contribution in [3.8, 4) is 11.5 Å². The Balaban J connectivity index is 2.21. The minimum atomic E-state index is -0.798. The van der Waals surface area contributed by atoms with Crippen molar-refractivity contribution in [3.05, 3.63) is 57.6 Å². The summed E-state index contributed by atoms with van der Waals surface area (Å²) in [5.74, 6) is 0.802. The second-order valence-electron chi connectivity index (χ2n) is 6.59. The lowest BCUT2D eigenvalue weighted by molar-refractivity contribution is -0.384. The Kier molecular flexibility index (Phi) is 6.39. The highest BCUT2D eigenvalue weighted by Crippen LogP contribution is 2.30. The van der Waals surface area contributed by atoms with E-state index in [4.69, 9.17) is 9.47 Å². The molecule has 0 aliphatic rings. The lowest BCUT2D eigenvalue weighted by Gasteiger charge is -2.20. The standard InChI is InChI=1S/C20H24N2O5/c1-12(2)16-8-6-13(3)10-19(16)27-14(4)20(23)21-17-11-15(22(24)25)7-9-18(17)26-5/h6-12,14H,1-5H3,(H,21,23)/t14-/m1/s1. The van der Waals surface area contributed by atoms with Crippen LogP contribution >= 0.6 is 0 Å². The van der Waals surface area contributed by atoms with Gasteiger partial charge in [-0.25, -0.2) is 0 Å². The molecule has 1 amide bonds. The lowest BCUT2D eigenvalue weighted by atomic mass is 10.0. The summed E-state index contributed by atoms with van der Waals surface area (Å²) >= 11 is 0. The van der Waals surface area contributed by atoms with Crippen LogP contribution < -0.4 is 14.8 Å². The zero-order chi connectivity index (χ0) is 20.1. The lowest BCUT2D eigenvalue weighted by Crippen LogP contribution is -2.30. The van der Waals surface area contributed by atoms with E-state index in [9.17, 15) is 14.9 Å². The van der Waals surface area contributed by atoms with Gasteiger partial charge in [-0.2, -0.15) is 0 Å². The van der Waals surface area contributed by atoms with Crippen molar-refractivity contribution < 1.29 is 19.2 Å². The smallest absolute Gasteiger partial charge is 0.271 e. The number of amides is 1. The van der Waals surface area contributed by atoms with Gasteiger partial charge in [-0.15, -0.1) is 0 Å². The molecule has 0 heterocycles. The first-order chi connectivity index (χ1) is 12.7. The largest absolute Gasteiger partial charge is 0.495 e. The number of non-ortho nitro benzene ring substituents is 1. The van der Waals surface area contributed by atoms with Gasteiger partial charge in [0.1, 0.15) is 11.5 Å². The summed E-state index contributed by atoms with van der Waals surface area (Å²) in [4.78, 5) is 23.0. The molecule has 2 aromatic rings. The molecule has 144 valence electrons. The van der Waals surface area contributed by atoms with Gasteiger partial charge in [-0.3, -0.25) is 14.9 Å². The molecular weight excluding hydrogens is 348 g/mol. The van der Waals surface area contributed by atoms with Gasteiger partial charge in [-0.1, -0.05) is 26.0 Å². The van der Waals surface area contributed by atoms with E-state index in [1.165, 1.54) is 25.3 Å². The van der Waals surface area contributed by atoms with Gasteiger partial charge < -0.3 is 14.8 Å². The summed E-state index contributed by atoms with van der Waals surface area (Å²) in [6.07, 6.45) is -0.798. The van der Waals surface area contributed by atoms with Gasteiger partial charge >= 0.3 is 0 Å². The van der Waals surface area contributed by atoms with Crippen molar-refractivity contribution >= 4 is 17.3 Å². The average molecular weight is 372 g/mol. The van der Waals surface area contributed by atoms with Gasteiger partial charge in [0, 0.05) is 12.1 Å². The minimum absolute atomic E-state index is 0.138. The van der Waals surface area contributed by atoms with E-state index < -0.39 is 16.9 Å². The van der Waals surface area contributed by atoms with Crippen LogP contribution in [0.4, 0.5) is 11.4 Å². The number of nitrogens with zero attached hydrogens (tertiary/aromatic N) is 1. The molecule has 0 bridgehead atoms. The Labute approximate surface area is 158 Å². The first kappa shape index (κ1) is 20.2. The molecule has 2 rings (SSSR count). The number of benzene rings is 2. The van der Waals surface area contributed by atoms with Crippen LogP contribution in [0.1, 0.15) is 37.8 Å². The molecule has 0 saturated carbocycles. The number of anilines is 1. The highest BCUT2D eigenvalue weighted by molar-refractivity contribution is 5.95. The number of rotatable bonds is 7. The third kappa shape index (κ3) is 4.97. The van der Waals surface area contributed by atoms with E-state index in [1.807, 2.05) is 25.1 Å². The quantitative estimate of drug-likeness (QED) is 0.573. The predicted octanol–water partition coefficient (Wildman–Crippen LogP) is 4.44. The van der Waals surface area contributed by atoms with E-state index >= 15 is 0 Å². The first-order valence-corrected chi connectivity index (χ1v) is 8.63. The normalized spacial score (nSPS) is 11.8. The summed E-state index contributed by atoms with van der Waals surface area (Å²) in [5.41, 5.74) is 2.12. The monoisotopic (exact) mass is 372 g/mol. The van der Waals surface area contributed by atoms with E-state index in [0.29, 0.717) is 11.5 Å².